The maximum Gasteiger partial charge on any atom is 0.0738 e. The van der Waals surface area contributed by atoms with Crippen LogP contribution in [0.5, 0.6) is 0 Å². The molecule has 1 aliphatic heterocycles. The van der Waals surface area contributed by atoms with Crippen molar-refractivity contribution in [2.75, 3.05) is 19.6 Å². The van der Waals surface area contributed by atoms with Crippen molar-refractivity contribution in [1.82, 2.24) is 14.7 Å². The summed E-state index contributed by atoms with van der Waals surface area (Å²) in [5.74, 6) is 0. The summed E-state index contributed by atoms with van der Waals surface area (Å²) >= 11 is 3.56. The molecule has 0 aromatic carbocycles. The zero-order valence-corrected chi connectivity index (χ0v) is 11.0. The van der Waals surface area contributed by atoms with Crippen LogP contribution in [0.25, 0.3) is 0 Å². The summed E-state index contributed by atoms with van der Waals surface area (Å²) in [4.78, 5) is 2.52. The molecule has 0 amide bonds. The van der Waals surface area contributed by atoms with E-state index in [9.17, 15) is 0 Å². The van der Waals surface area contributed by atoms with E-state index in [0.29, 0.717) is 0 Å². The fourth-order valence-electron chi connectivity index (χ4n) is 2.14. The fraction of sp³-hybridized carbons (Fsp3) is 0.727. The lowest BCUT2D eigenvalue weighted by molar-refractivity contribution is 0.314. The summed E-state index contributed by atoms with van der Waals surface area (Å²) in [5.41, 5.74) is 2.33. The monoisotopic (exact) mass is 271 g/mol. The highest BCUT2D eigenvalue weighted by molar-refractivity contribution is 9.10. The van der Waals surface area contributed by atoms with Gasteiger partial charge in [0.15, 0.2) is 0 Å². The molecule has 3 nitrogen and oxygen atoms in total. The zero-order chi connectivity index (χ0) is 10.8. The third-order valence-electron chi connectivity index (χ3n) is 3.12. The summed E-state index contributed by atoms with van der Waals surface area (Å²) in [6.07, 6.45) is 2.72. The van der Waals surface area contributed by atoms with Gasteiger partial charge in [-0.2, -0.15) is 5.10 Å². The van der Waals surface area contributed by atoms with E-state index < -0.39 is 0 Å². The summed E-state index contributed by atoms with van der Waals surface area (Å²) in [6.45, 7) is 8.84. The van der Waals surface area contributed by atoms with Crippen LogP contribution in [-0.2, 0) is 6.54 Å². The highest BCUT2D eigenvalue weighted by Crippen LogP contribution is 2.19. The number of aromatic nitrogens is 2. The summed E-state index contributed by atoms with van der Waals surface area (Å²) in [6, 6.07) is 0. The zero-order valence-electron chi connectivity index (χ0n) is 9.46. The van der Waals surface area contributed by atoms with Crippen molar-refractivity contribution in [1.29, 1.82) is 0 Å². The summed E-state index contributed by atoms with van der Waals surface area (Å²) in [7, 11) is 0. The van der Waals surface area contributed by atoms with Gasteiger partial charge in [-0.1, -0.05) is 0 Å². The molecule has 1 saturated heterocycles. The maximum absolute atomic E-state index is 4.51. The van der Waals surface area contributed by atoms with Crippen molar-refractivity contribution in [3.05, 3.63) is 15.9 Å². The summed E-state index contributed by atoms with van der Waals surface area (Å²) in [5, 5.41) is 4.51. The standard InChI is InChI=1S/C11H18BrN3/c1-9-11(12)10(2)15(13-9)8-7-14-5-3-4-6-14/h3-8H2,1-2H3. The first kappa shape index (κ1) is 11.1. The Kier molecular flexibility index (Phi) is 3.46. The molecule has 0 N–H and O–H groups in total. The van der Waals surface area contributed by atoms with Gasteiger partial charge in [0.1, 0.15) is 0 Å². The molecular weight excluding hydrogens is 254 g/mol. The van der Waals surface area contributed by atoms with Crippen LogP contribution in [0.4, 0.5) is 0 Å². The van der Waals surface area contributed by atoms with Crippen LogP contribution >= 0.6 is 15.9 Å². The normalized spacial score (nSPS) is 17.5. The maximum atomic E-state index is 4.51. The van der Waals surface area contributed by atoms with Gasteiger partial charge in [-0.25, -0.2) is 0 Å². The van der Waals surface area contributed by atoms with Crippen molar-refractivity contribution in [3.8, 4) is 0 Å². The molecule has 2 rings (SSSR count). The van der Waals surface area contributed by atoms with Gasteiger partial charge in [0.25, 0.3) is 0 Å². The Morgan fingerprint density at radius 2 is 1.87 bits per heavy atom. The molecule has 0 atom stereocenters. The Hall–Kier alpha value is -0.350. The van der Waals surface area contributed by atoms with Gasteiger partial charge in [-0.3, -0.25) is 4.68 Å². The van der Waals surface area contributed by atoms with Gasteiger partial charge in [0.2, 0.25) is 0 Å². The van der Waals surface area contributed by atoms with Crippen molar-refractivity contribution < 1.29 is 0 Å². The fourth-order valence-corrected chi connectivity index (χ4v) is 2.42. The smallest absolute Gasteiger partial charge is 0.0738 e. The van der Waals surface area contributed by atoms with Crippen LogP contribution in [-0.4, -0.2) is 34.3 Å². The van der Waals surface area contributed by atoms with Crippen LogP contribution in [0.3, 0.4) is 0 Å². The van der Waals surface area contributed by atoms with Crippen molar-refractivity contribution >= 4 is 15.9 Å². The van der Waals surface area contributed by atoms with Gasteiger partial charge >= 0.3 is 0 Å². The van der Waals surface area contributed by atoms with E-state index in [-0.39, 0.29) is 0 Å². The Morgan fingerprint density at radius 3 is 2.40 bits per heavy atom. The van der Waals surface area contributed by atoms with E-state index >= 15 is 0 Å². The van der Waals surface area contributed by atoms with Gasteiger partial charge in [0, 0.05) is 12.2 Å². The molecule has 0 radical (unpaired) electrons. The third kappa shape index (κ3) is 2.42. The first-order valence-corrected chi connectivity index (χ1v) is 6.39. The number of hydrogen-bond acceptors (Lipinski definition) is 2. The highest BCUT2D eigenvalue weighted by atomic mass is 79.9. The largest absolute Gasteiger partial charge is 0.301 e. The van der Waals surface area contributed by atoms with E-state index in [1.165, 1.54) is 31.6 Å². The first-order valence-electron chi connectivity index (χ1n) is 5.60. The second-order valence-corrected chi connectivity index (χ2v) is 5.05. The third-order valence-corrected chi connectivity index (χ3v) is 4.27. The quantitative estimate of drug-likeness (QED) is 0.842. The van der Waals surface area contributed by atoms with E-state index in [4.69, 9.17) is 0 Å². The molecule has 1 aromatic heterocycles. The lowest BCUT2D eigenvalue weighted by atomic mass is 10.4. The Morgan fingerprint density at radius 1 is 1.20 bits per heavy atom. The molecule has 0 unspecified atom stereocenters. The summed E-state index contributed by atoms with van der Waals surface area (Å²) < 4.78 is 3.27. The lowest BCUT2D eigenvalue weighted by Gasteiger charge is -2.14. The average Bonchev–Trinajstić information content (AvgIpc) is 2.80. The number of hydrogen-bond donors (Lipinski definition) is 0. The molecule has 0 saturated carbocycles. The van der Waals surface area contributed by atoms with E-state index in [2.05, 4.69) is 37.5 Å². The van der Waals surface area contributed by atoms with Gasteiger partial charge in [0.05, 0.1) is 16.7 Å². The number of aryl methyl sites for hydroxylation is 1. The molecule has 84 valence electrons. The molecule has 0 aliphatic carbocycles. The number of nitrogens with zero attached hydrogens (tertiary/aromatic N) is 3. The Labute approximate surface area is 99.6 Å². The molecule has 1 aliphatic rings. The minimum Gasteiger partial charge on any atom is -0.301 e. The van der Waals surface area contributed by atoms with E-state index in [1.807, 2.05) is 6.92 Å². The molecule has 0 spiro atoms. The highest BCUT2D eigenvalue weighted by Gasteiger charge is 2.13. The van der Waals surface area contributed by atoms with E-state index in [0.717, 1.165) is 23.3 Å². The minimum absolute atomic E-state index is 1.01. The Balaban J connectivity index is 1.95. The van der Waals surface area contributed by atoms with Crippen LogP contribution in [0.2, 0.25) is 0 Å². The molecule has 15 heavy (non-hydrogen) atoms. The average molecular weight is 272 g/mol. The lowest BCUT2D eigenvalue weighted by Crippen LogP contribution is -2.24. The molecule has 2 heterocycles. The van der Waals surface area contributed by atoms with Crippen molar-refractivity contribution in [2.24, 2.45) is 0 Å². The Bertz CT molecular complexity index is 340. The molecular formula is C11H18BrN3. The number of halogens is 1. The number of rotatable bonds is 3. The van der Waals surface area contributed by atoms with Crippen LogP contribution in [0.15, 0.2) is 4.47 Å². The second kappa shape index (κ2) is 4.66. The predicted molar refractivity (Wildman–Crippen MR) is 65.1 cm³/mol. The van der Waals surface area contributed by atoms with E-state index in [1.54, 1.807) is 0 Å². The van der Waals surface area contributed by atoms with Crippen molar-refractivity contribution in [3.63, 3.8) is 0 Å². The minimum atomic E-state index is 1.01. The first-order chi connectivity index (χ1) is 7.18. The topological polar surface area (TPSA) is 21.1 Å². The van der Waals surface area contributed by atoms with Crippen LogP contribution < -0.4 is 0 Å². The molecule has 0 bridgehead atoms. The molecule has 1 aromatic rings. The van der Waals surface area contributed by atoms with Gasteiger partial charge < -0.3 is 4.90 Å². The van der Waals surface area contributed by atoms with Crippen LogP contribution in [0, 0.1) is 13.8 Å². The predicted octanol–water partition coefficient (Wildman–Crippen LogP) is 2.36. The number of likely N-dealkylation sites (tertiary alicyclic amines) is 1. The van der Waals surface area contributed by atoms with Gasteiger partial charge in [-0.15, -0.1) is 0 Å². The SMILES string of the molecule is Cc1nn(CCN2CCCC2)c(C)c1Br. The van der Waals surface area contributed by atoms with Crippen LogP contribution in [0.1, 0.15) is 24.2 Å². The second-order valence-electron chi connectivity index (χ2n) is 4.26. The molecule has 4 heteroatoms. The molecule has 1 fully saturated rings. The van der Waals surface area contributed by atoms with Crippen molar-refractivity contribution in [2.45, 2.75) is 33.2 Å². The van der Waals surface area contributed by atoms with Gasteiger partial charge in [-0.05, 0) is 55.7 Å².